The molecule has 0 saturated carbocycles. The number of nitrogens with zero attached hydrogens (tertiary/aromatic N) is 1. The van der Waals surface area contributed by atoms with E-state index in [9.17, 15) is 9.50 Å². The molecule has 5 nitrogen and oxygen atoms in total. The summed E-state index contributed by atoms with van der Waals surface area (Å²) < 4.78 is 19.0. The molecular formula is C18H30FN3O2. The molecule has 6 heteroatoms. The summed E-state index contributed by atoms with van der Waals surface area (Å²) in [6.07, 6.45) is -0.607. The fraction of sp³-hybridized carbons (Fsp3) is 0.611. The van der Waals surface area contributed by atoms with Crippen LogP contribution in [0.3, 0.4) is 0 Å². The zero-order chi connectivity index (χ0) is 17.9. The molecular weight excluding hydrogens is 309 g/mol. The summed E-state index contributed by atoms with van der Waals surface area (Å²) in [6.45, 7) is 10.1. The van der Waals surface area contributed by atoms with Gasteiger partial charge in [-0.25, -0.2) is 9.38 Å². The van der Waals surface area contributed by atoms with Gasteiger partial charge < -0.3 is 20.5 Å². The Labute approximate surface area is 144 Å². The summed E-state index contributed by atoms with van der Waals surface area (Å²) in [5.41, 5.74) is 1.42. The van der Waals surface area contributed by atoms with Crippen LogP contribution in [0.2, 0.25) is 0 Å². The topological polar surface area (TPSA) is 65.9 Å². The van der Waals surface area contributed by atoms with Crippen molar-refractivity contribution in [2.24, 2.45) is 10.9 Å². The van der Waals surface area contributed by atoms with E-state index in [2.05, 4.69) is 29.5 Å². The summed E-state index contributed by atoms with van der Waals surface area (Å²) in [4.78, 5) is 4.41. The van der Waals surface area contributed by atoms with E-state index in [4.69, 9.17) is 4.74 Å². The zero-order valence-corrected chi connectivity index (χ0v) is 15.1. The van der Waals surface area contributed by atoms with E-state index >= 15 is 0 Å². The van der Waals surface area contributed by atoms with Crippen LogP contribution in [0.5, 0.6) is 0 Å². The van der Waals surface area contributed by atoms with Crippen molar-refractivity contribution in [2.75, 3.05) is 26.3 Å². The van der Waals surface area contributed by atoms with E-state index < -0.39 is 6.10 Å². The summed E-state index contributed by atoms with van der Waals surface area (Å²) in [5.74, 6) is 0.804. The largest absolute Gasteiger partial charge is 0.389 e. The van der Waals surface area contributed by atoms with Crippen LogP contribution in [-0.2, 0) is 11.3 Å². The quantitative estimate of drug-likeness (QED) is 0.477. The summed E-state index contributed by atoms with van der Waals surface area (Å²) in [5, 5.41) is 16.1. The highest BCUT2D eigenvalue weighted by Crippen LogP contribution is 2.09. The van der Waals surface area contributed by atoms with Crippen LogP contribution in [0.25, 0.3) is 0 Å². The molecule has 0 saturated heterocycles. The van der Waals surface area contributed by atoms with Gasteiger partial charge in [0, 0.05) is 19.7 Å². The van der Waals surface area contributed by atoms with Crippen LogP contribution in [0.15, 0.2) is 23.2 Å². The number of hydrogen-bond acceptors (Lipinski definition) is 3. The predicted octanol–water partition coefficient (Wildman–Crippen LogP) is 2.22. The van der Waals surface area contributed by atoms with Gasteiger partial charge in [-0.3, -0.25) is 0 Å². The summed E-state index contributed by atoms with van der Waals surface area (Å²) in [6, 6.07) is 5.10. The molecule has 1 rings (SSSR count). The van der Waals surface area contributed by atoms with Crippen LogP contribution in [-0.4, -0.2) is 43.5 Å². The van der Waals surface area contributed by atoms with Gasteiger partial charge in [-0.05, 0) is 37.0 Å². The number of guanidine groups is 1. The smallest absolute Gasteiger partial charge is 0.191 e. The Balaban J connectivity index is 2.48. The molecule has 0 aliphatic carbocycles. The third-order valence-electron chi connectivity index (χ3n) is 3.27. The lowest BCUT2D eigenvalue weighted by molar-refractivity contribution is 0.0280. The lowest BCUT2D eigenvalue weighted by Crippen LogP contribution is -2.42. The van der Waals surface area contributed by atoms with Crippen LogP contribution in [0, 0.1) is 18.7 Å². The van der Waals surface area contributed by atoms with Gasteiger partial charge in [-0.1, -0.05) is 26.0 Å². The molecule has 24 heavy (non-hydrogen) atoms. The molecule has 0 aliphatic heterocycles. The first kappa shape index (κ1) is 20.4. The van der Waals surface area contributed by atoms with Crippen molar-refractivity contribution in [1.29, 1.82) is 0 Å². The lowest BCUT2D eigenvalue weighted by atomic mass is 10.1. The van der Waals surface area contributed by atoms with E-state index in [0.29, 0.717) is 43.7 Å². The molecule has 0 bridgehead atoms. The molecule has 0 amide bonds. The number of aliphatic hydroxyl groups excluding tert-OH is 1. The molecule has 0 spiro atoms. The van der Waals surface area contributed by atoms with Crippen LogP contribution in [0.4, 0.5) is 4.39 Å². The maximum absolute atomic E-state index is 13.6. The minimum absolute atomic E-state index is 0.224. The molecule has 136 valence electrons. The number of halogens is 1. The van der Waals surface area contributed by atoms with Crippen LogP contribution < -0.4 is 10.6 Å². The maximum atomic E-state index is 13.6. The predicted molar refractivity (Wildman–Crippen MR) is 95.6 cm³/mol. The molecule has 1 aromatic carbocycles. The molecule has 0 radical (unpaired) electrons. The number of ether oxygens (including phenoxy) is 1. The Morgan fingerprint density at radius 1 is 1.29 bits per heavy atom. The highest BCUT2D eigenvalue weighted by Gasteiger charge is 2.07. The average molecular weight is 339 g/mol. The molecule has 1 atom stereocenters. The standard InChI is InChI=1S/C18H30FN3O2/c1-5-20-18(22-10-16(23)12-24-11-13(2)3)21-9-15-7-6-14(4)17(19)8-15/h6-8,13,16,23H,5,9-12H2,1-4H3,(H2,20,21,22). The van der Waals surface area contributed by atoms with Gasteiger partial charge in [0.2, 0.25) is 0 Å². The number of hydrogen-bond donors (Lipinski definition) is 3. The highest BCUT2D eigenvalue weighted by atomic mass is 19.1. The van der Waals surface area contributed by atoms with Gasteiger partial charge in [-0.2, -0.15) is 0 Å². The Hall–Kier alpha value is -1.66. The van der Waals surface area contributed by atoms with E-state index in [1.807, 2.05) is 13.0 Å². The minimum Gasteiger partial charge on any atom is -0.389 e. The van der Waals surface area contributed by atoms with Gasteiger partial charge >= 0.3 is 0 Å². The molecule has 1 aromatic rings. The molecule has 3 N–H and O–H groups in total. The first-order chi connectivity index (χ1) is 11.4. The molecule has 0 aromatic heterocycles. The second kappa shape index (κ2) is 11.0. The van der Waals surface area contributed by atoms with Crippen molar-refractivity contribution in [3.63, 3.8) is 0 Å². The zero-order valence-electron chi connectivity index (χ0n) is 15.1. The molecule has 0 fully saturated rings. The lowest BCUT2D eigenvalue weighted by Gasteiger charge is -2.16. The first-order valence-corrected chi connectivity index (χ1v) is 8.45. The highest BCUT2D eigenvalue weighted by molar-refractivity contribution is 5.79. The number of aliphatic imine (C=N–C) groups is 1. The Bertz CT molecular complexity index is 521. The second-order valence-corrected chi connectivity index (χ2v) is 6.24. The van der Waals surface area contributed by atoms with Gasteiger partial charge in [0.05, 0.1) is 19.3 Å². The van der Waals surface area contributed by atoms with E-state index in [1.165, 1.54) is 6.07 Å². The fourth-order valence-electron chi connectivity index (χ4n) is 1.96. The van der Waals surface area contributed by atoms with Crippen molar-refractivity contribution in [1.82, 2.24) is 10.6 Å². The van der Waals surface area contributed by atoms with Crippen molar-refractivity contribution in [3.8, 4) is 0 Å². The Kier molecular flexibility index (Phi) is 9.34. The number of benzene rings is 1. The summed E-state index contributed by atoms with van der Waals surface area (Å²) in [7, 11) is 0. The van der Waals surface area contributed by atoms with Crippen molar-refractivity contribution in [2.45, 2.75) is 40.3 Å². The van der Waals surface area contributed by atoms with Gasteiger partial charge in [0.15, 0.2) is 5.96 Å². The number of nitrogens with one attached hydrogen (secondary N) is 2. The van der Waals surface area contributed by atoms with Crippen LogP contribution in [0.1, 0.15) is 31.9 Å². The average Bonchev–Trinajstić information content (AvgIpc) is 2.53. The third-order valence-corrected chi connectivity index (χ3v) is 3.27. The van der Waals surface area contributed by atoms with E-state index in [1.54, 1.807) is 13.0 Å². The fourth-order valence-corrected chi connectivity index (χ4v) is 1.96. The van der Waals surface area contributed by atoms with Crippen molar-refractivity contribution >= 4 is 5.96 Å². The molecule has 0 aliphatic rings. The van der Waals surface area contributed by atoms with Gasteiger partial charge in [0.25, 0.3) is 0 Å². The monoisotopic (exact) mass is 339 g/mol. The third kappa shape index (κ3) is 8.26. The number of aliphatic hydroxyl groups is 1. The van der Waals surface area contributed by atoms with E-state index in [-0.39, 0.29) is 12.4 Å². The first-order valence-electron chi connectivity index (χ1n) is 8.45. The SMILES string of the molecule is CCNC(=NCc1ccc(C)c(F)c1)NCC(O)COCC(C)C. The summed E-state index contributed by atoms with van der Waals surface area (Å²) >= 11 is 0. The normalized spacial score (nSPS) is 13.2. The Morgan fingerprint density at radius 2 is 2.04 bits per heavy atom. The number of aryl methyl sites for hydroxylation is 1. The second-order valence-electron chi connectivity index (χ2n) is 6.24. The molecule has 0 heterocycles. The van der Waals surface area contributed by atoms with Gasteiger partial charge in [0.1, 0.15) is 5.82 Å². The van der Waals surface area contributed by atoms with Crippen molar-refractivity contribution in [3.05, 3.63) is 35.1 Å². The molecule has 1 unspecified atom stereocenters. The van der Waals surface area contributed by atoms with Crippen LogP contribution >= 0.6 is 0 Å². The Morgan fingerprint density at radius 3 is 2.67 bits per heavy atom. The van der Waals surface area contributed by atoms with Crippen molar-refractivity contribution < 1.29 is 14.2 Å². The van der Waals surface area contributed by atoms with E-state index in [0.717, 1.165) is 5.56 Å². The van der Waals surface area contributed by atoms with Gasteiger partial charge in [-0.15, -0.1) is 0 Å². The number of rotatable bonds is 9. The maximum Gasteiger partial charge on any atom is 0.191 e. The minimum atomic E-state index is -0.607.